The maximum absolute atomic E-state index is 12.5. The van der Waals surface area contributed by atoms with Crippen LogP contribution < -0.4 is 0 Å². The van der Waals surface area contributed by atoms with Gasteiger partial charge in [0.2, 0.25) is 0 Å². The molecule has 0 unspecified atom stereocenters. The lowest BCUT2D eigenvalue weighted by atomic mass is 9.66. The highest BCUT2D eigenvalue weighted by molar-refractivity contribution is 5.96. The fourth-order valence-corrected chi connectivity index (χ4v) is 6.10. The van der Waals surface area contributed by atoms with Gasteiger partial charge in [0.15, 0.2) is 5.78 Å². The van der Waals surface area contributed by atoms with E-state index in [1.807, 2.05) is 12.1 Å². The van der Waals surface area contributed by atoms with Crippen LogP contribution >= 0.6 is 0 Å². The molecule has 0 bridgehead atoms. The minimum atomic E-state index is 0.301. The van der Waals surface area contributed by atoms with Crippen molar-refractivity contribution in [1.82, 2.24) is 0 Å². The van der Waals surface area contributed by atoms with E-state index in [0.29, 0.717) is 17.6 Å². The van der Waals surface area contributed by atoms with Crippen LogP contribution in [0.1, 0.15) is 143 Å². The normalized spacial score (nSPS) is 15.3. The lowest BCUT2D eigenvalue weighted by molar-refractivity contribution is 0.0979. The summed E-state index contributed by atoms with van der Waals surface area (Å²) in [7, 11) is 0. The first-order chi connectivity index (χ1) is 17.1. The van der Waals surface area contributed by atoms with E-state index in [4.69, 9.17) is 0 Å². The van der Waals surface area contributed by atoms with E-state index in [1.54, 1.807) is 5.56 Å². The highest BCUT2D eigenvalue weighted by atomic mass is 16.1. The lowest BCUT2D eigenvalue weighted by Crippen LogP contribution is -2.29. The minimum absolute atomic E-state index is 0.301. The van der Waals surface area contributed by atoms with E-state index in [1.165, 1.54) is 100 Å². The van der Waals surface area contributed by atoms with Crippen molar-refractivity contribution in [3.63, 3.8) is 0 Å². The number of benzene rings is 2. The van der Waals surface area contributed by atoms with Gasteiger partial charge in [-0.25, -0.2) is 0 Å². The van der Waals surface area contributed by atoms with E-state index in [9.17, 15) is 4.79 Å². The molecule has 2 aromatic rings. The number of rotatable bonds is 15. The van der Waals surface area contributed by atoms with Crippen LogP contribution in [0.3, 0.4) is 0 Å². The molecule has 2 aromatic carbocycles. The number of carbonyl (C=O) groups excluding carboxylic acids is 1. The Morgan fingerprint density at radius 2 is 1.46 bits per heavy atom. The highest BCUT2D eigenvalue weighted by Crippen LogP contribution is 2.44. The van der Waals surface area contributed by atoms with Crippen molar-refractivity contribution < 1.29 is 4.79 Å². The SMILES string of the molecule is CCCCCCCC(=O)c1ccc(CCc2ccc(C3(CCCCC)CCCCC3)cc2C)cc1. The van der Waals surface area contributed by atoms with Crippen molar-refractivity contribution in [3.8, 4) is 0 Å². The molecule has 35 heavy (non-hydrogen) atoms. The molecule has 0 amide bonds. The van der Waals surface area contributed by atoms with Gasteiger partial charge in [-0.1, -0.05) is 121 Å². The standard InChI is InChI=1S/C34H50O/c1-4-6-8-9-11-15-33(35)31-20-17-29(18-21-31)16-19-30-22-23-32(27-28(30)3)34(24-12-7-5-2)25-13-10-14-26-34/h17-18,20-23,27H,4-16,19,24-26H2,1-3H3. The quantitative estimate of drug-likeness (QED) is 0.185. The zero-order valence-electron chi connectivity index (χ0n) is 23.0. The molecule has 0 atom stereocenters. The Bertz CT molecular complexity index is 885. The fraction of sp³-hybridized carbons (Fsp3) is 0.618. The zero-order valence-corrected chi connectivity index (χ0v) is 23.0. The van der Waals surface area contributed by atoms with Crippen LogP contribution in [0, 0.1) is 6.92 Å². The number of carbonyl (C=O) groups is 1. The highest BCUT2D eigenvalue weighted by Gasteiger charge is 2.33. The molecule has 1 aliphatic rings. The van der Waals surface area contributed by atoms with E-state index in [0.717, 1.165) is 24.8 Å². The summed E-state index contributed by atoms with van der Waals surface area (Å²) in [6.07, 6.45) is 21.1. The molecule has 0 aromatic heterocycles. The predicted molar refractivity (Wildman–Crippen MR) is 152 cm³/mol. The molecule has 1 fully saturated rings. The van der Waals surface area contributed by atoms with Gasteiger partial charge >= 0.3 is 0 Å². The molecule has 1 aliphatic carbocycles. The molecular formula is C34H50O. The molecule has 0 radical (unpaired) electrons. The van der Waals surface area contributed by atoms with Gasteiger partial charge < -0.3 is 0 Å². The molecular weight excluding hydrogens is 424 g/mol. The van der Waals surface area contributed by atoms with Gasteiger partial charge in [0.25, 0.3) is 0 Å². The average Bonchev–Trinajstić information content (AvgIpc) is 2.89. The van der Waals surface area contributed by atoms with Crippen molar-refractivity contribution in [2.75, 3.05) is 0 Å². The van der Waals surface area contributed by atoms with Crippen LogP contribution in [0.5, 0.6) is 0 Å². The minimum Gasteiger partial charge on any atom is -0.294 e. The second kappa shape index (κ2) is 14.6. The second-order valence-electron chi connectivity index (χ2n) is 11.2. The van der Waals surface area contributed by atoms with Crippen LogP contribution in [0.2, 0.25) is 0 Å². The Balaban J connectivity index is 1.55. The summed E-state index contributed by atoms with van der Waals surface area (Å²) >= 11 is 0. The zero-order chi connectivity index (χ0) is 24.9. The predicted octanol–water partition coefficient (Wildman–Crippen LogP) is 10.1. The topological polar surface area (TPSA) is 17.1 Å². The number of ketones is 1. The maximum atomic E-state index is 12.5. The Kier molecular flexibility index (Phi) is 11.6. The van der Waals surface area contributed by atoms with E-state index in [-0.39, 0.29) is 0 Å². The molecule has 0 saturated heterocycles. The summed E-state index contributed by atoms with van der Waals surface area (Å²) in [5.41, 5.74) is 7.17. The van der Waals surface area contributed by atoms with Gasteiger partial charge in [0, 0.05) is 12.0 Å². The third kappa shape index (κ3) is 8.33. The summed E-state index contributed by atoms with van der Waals surface area (Å²) in [5.74, 6) is 0.301. The monoisotopic (exact) mass is 474 g/mol. The second-order valence-corrected chi connectivity index (χ2v) is 11.2. The van der Waals surface area contributed by atoms with Crippen LogP contribution in [0.4, 0.5) is 0 Å². The van der Waals surface area contributed by atoms with Gasteiger partial charge in [0.05, 0.1) is 0 Å². The van der Waals surface area contributed by atoms with Gasteiger partial charge in [-0.3, -0.25) is 4.79 Å². The Morgan fingerprint density at radius 1 is 0.771 bits per heavy atom. The van der Waals surface area contributed by atoms with E-state index >= 15 is 0 Å². The first-order valence-electron chi connectivity index (χ1n) is 14.8. The molecule has 1 nitrogen and oxygen atoms in total. The van der Waals surface area contributed by atoms with Gasteiger partial charge in [0.1, 0.15) is 0 Å². The van der Waals surface area contributed by atoms with Gasteiger partial charge in [-0.2, -0.15) is 0 Å². The van der Waals surface area contributed by atoms with Crippen molar-refractivity contribution in [2.45, 2.75) is 135 Å². The summed E-state index contributed by atoms with van der Waals surface area (Å²) < 4.78 is 0. The molecule has 0 aliphatic heterocycles. The summed E-state index contributed by atoms with van der Waals surface area (Å²) in [5, 5.41) is 0. The summed E-state index contributed by atoms with van der Waals surface area (Å²) in [6.45, 7) is 6.85. The molecule has 0 N–H and O–H groups in total. The fourth-order valence-electron chi connectivity index (χ4n) is 6.10. The lowest BCUT2D eigenvalue weighted by Gasteiger charge is -2.38. The number of aryl methyl sites for hydroxylation is 3. The van der Waals surface area contributed by atoms with Crippen molar-refractivity contribution in [1.29, 1.82) is 0 Å². The molecule has 192 valence electrons. The average molecular weight is 475 g/mol. The third-order valence-corrected chi connectivity index (χ3v) is 8.49. The smallest absolute Gasteiger partial charge is 0.162 e. The molecule has 1 saturated carbocycles. The summed E-state index contributed by atoms with van der Waals surface area (Å²) in [6, 6.07) is 15.8. The first-order valence-corrected chi connectivity index (χ1v) is 14.8. The van der Waals surface area contributed by atoms with Crippen molar-refractivity contribution in [2.24, 2.45) is 0 Å². The maximum Gasteiger partial charge on any atom is 0.162 e. The molecule has 0 heterocycles. The van der Waals surface area contributed by atoms with Crippen LogP contribution in [0.15, 0.2) is 42.5 Å². The van der Waals surface area contributed by atoms with Crippen molar-refractivity contribution >= 4 is 5.78 Å². The van der Waals surface area contributed by atoms with Gasteiger partial charge in [-0.05, 0) is 73.1 Å². The Labute approximate surface area is 216 Å². The van der Waals surface area contributed by atoms with Crippen molar-refractivity contribution in [3.05, 3.63) is 70.3 Å². The van der Waals surface area contributed by atoms with Gasteiger partial charge in [-0.15, -0.1) is 0 Å². The number of Topliss-reactive ketones (excluding diaryl/α,β-unsaturated/α-hetero) is 1. The Hall–Kier alpha value is -1.89. The van der Waals surface area contributed by atoms with Crippen LogP contribution in [-0.4, -0.2) is 5.78 Å². The van der Waals surface area contributed by atoms with Crippen LogP contribution in [0.25, 0.3) is 0 Å². The number of hydrogen-bond acceptors (Lipinski definition) is 1. The van der Waals surface area contributed by atoms with Crippen LogP contribution in [-0.2, 0) is 18.3 Å². The largest absolute Gasteiger partial charge is 0.294 e. The van der Waals surface area contributed by atoms with E-state index < -0.39 is 0 Å². The number of unbranched alkanes of at least 4 members (excludes halogenated alkanes) is 6. The Morgan fingerprint density at radius 3 is 2.14 bits per heavy atom. The van der Waals surface area contributed by atoms with E-state index in [2.05, 4.69) is 51.1 Å². The number of hydrogen-bond donors (Lipinski definition) is 0. The first kappa shape index (κ1) is 27.7. The molecule has 0 spiro atoms. The molecule has 1 heteroatoms. The third-order valence-electron chi connectivity index (χ3n) is 8.49. The molecule has 3 rings (SSSR count). The summed E-state index contributed by atoms with van der Waals surface area (Å²) in [4.78, 5) is 12.5.